The zero-order valence-corrected chi connectivity index (χ0v) is 15.5. The molecule has 0 radical (unpaired) electrons. The molecular formula is C20H36O2. The molecule has 1 heterocycles. The molecule has 1 aliphatic heterocycles. The van der Waals surface area contributed by atoms with Crippen molar-refractivity contribution in [3.63, 3.8) is 0 Å². The fourth-order valence-electron chi connectivity index (χ4n) is 6.38. The van der Waals surface area contributed by atoms with Crippen molar-refractivity contribution in [2.24, 2.45) is 23.2 Å². The highest BCUT2D eigenvalue weighted by Gasteiger charge is 2.57. The first-order valence-corrected chi connectivity index (χ1v) is 9.43. The van der Waals surface area contributed by atoms with E-state index in [1.165, 1.54) is 19.3 Å². The zero-order valence-electron chi connectivity index (χ0n) is 15.5. The quantitative estimate of drug-likeness (QED) is 0.687. The van der Waals surface area contributed by atoms with Crippen LogP contribution < -0.4 is 0 Å². The average molecular weight is 309 g/mol. The van der Waals surface area contributed by atoms with Crippen LogP contribution in [0.2, 0.25) is 0 Å². The molecule has 6 atom stereocenters. The molecule has 0 aromatic heterocycles. The fraction of sp³-hybridized carbons (Fsp3) is 1.00. The van der Waals surface area contributed by atoms with E-state index >= 15 is 0 Å². The number of aliphatic hydroxyl groups is 1. The van der Waals surface area contributed by atoms with E-state index in [1.807, 2.05) is 0 Å². The number of hydrogen-bond acceptors (Lipinski definition) is 2. The van der Waals surface area contributed by atoms with E-state index in [9.17, 15) is 5.11 Å². The summed E-state index contributed by atoms with van der Waals surface area (Å²) < 4.78 is 6.97. The molecule has 2 saturated carbocycles. The van der Waals surface area contributed by atoms with Crippen LogP contribution in [0.25, 0.3) is 0 Å². The zero-order chi connectivity index (χ0) is 16.4. The third-order valence-electron chi connectivity index (χ3n) is 7.90. The Balaban J connectivity index is 2.02. The van der Waals surface area contributed by atoms with Gasteiger partial charge >= 0.3 is 0 Å². The lowest BCUT2D eigenvalue weighted by atomic mass is 9.59. The number of fused-ring (bicyclic) bond motifs is 3. The molecule has 2 nitrogen and oxygen atoms in total. The number of hydrogen-bond donors (Lipinski definition) is 1. The van der Waals surface area contributed by atoms with Gasteiger partial charge in [0, 0.05) is 0 Å². The van der Waals surface area contributed by atoms with E-state index in [-0.39, 0.29) is 11.2 Å². The van der Waals surface area contributed by atoms with Gasteiger partial charge in [0.1, 0.15) is 0 Å². The van der Waals surface area contributed by atoms with Crippen LogP contribution in [0, 0.1) is 23.2 Å². The van der Waals surface area contributed by atoms with Crippen LogP contribution in [-0.4, -0.2) is 21.9 Å². The monoisotopic (exact) mass is 308 g/mol. The summed E-state index contributed by atoms with van der Waals surface area (Å²) in [5, 5.41) is 11.2. The van der Waals surface area contributed by atoms with Crippen molar-refractivity contribution in [1.29, 1.82) is 0 Å². The van der Waals surface area contributed by atoms with Gasteiger partial charge in [-0.15, -0.1) is 0 Å². The summed E-state index contributed by atoms with van der Waals surface area (Å²) in [6, 6.07) is 0. The smallest absolute Gasteiger partial charge is 0.0695 e. The highest BCUT2D eigenvalue weighted by Crippen LogP contribution is 2.58. The first-order valence-electron chi connectivity index (χ1n) is 9.43. The van der Waals surface area contributed by atoms with Crippen molar-refractivity contribution in [3.05, 3.63) is 0 Å². The third-order valence-corrected chi connectivity index (χ3v) is 7.90. The van der Waals surface area contributed by atoms with Gasteiger partial charge in [-0.25, -0.2) is 0 Å². The molecule has 0 aromatic carbocycles. The molecule has 3 rings (SSSR count). The Morgan fingerprint density at radius 1 is 0.864 bits per heavy atom. The van der Waals surface area contributed by atoms with Gasteiger partial charge in [0.2, 0.25) is 0 Å². The lowest BCUT2D eigenvalue weighted by molar-refractivity contribution is -0.213. The molecule has 128 valence electrons. The maximum Gasteiger partial charge on any atom is 0.0695 e. The van der Waals surface area contributed by atoms with Gasteiger partial charge in [0.15, 0.2) is 0 Å². The Morgan fingerprint density at radius 2 is 1.55 bits per heavy atom. The highest BCUT2D eigenvalue weighted by molar-refractivity contribution is 5.07. The molecule has 0 aromatic rings. The minimum Gasteiger partial charge on any atom is -0.390 e. The average Bonchev–Trinajstić information content (AvgIpc) is 2.64. The van der Waals surface area contributed by atoms with E-state index in [1.54, 1.807) is 0 Å². The Labute approximate surface area is 137 Å². The van der Waals surface area contributed by atoms with Crippen LogP contribution >= 0.6 is 0 Å². The summed E-state index contributed by atoms with van der Waals surface area (Å²) in [7, 11) is 0. The van der Waals surface area contributed by atoms with Gasteiger partial charge in [-0.1, -0.05) is 27.2 Å². The standard InChI is InChI=1S/C20H36O2/c1-14-15-8-13-19(14,5)22-20(6)11-7-10-17(2,3)16(20)9-12-18(15,4)21/h14-16,21H,7-13H2,1-6H3/t14?,15?,16-,18-,19?,20-/m0/s1. The van der Waals surface area contributed by atoms with Gasteiger partial charge < -0.3 is 9.84 Å². The maximum absolute atomic E-state index is 11.2. The summed E-state index contributed by atoms with van der Waals surface area (Å²) in [5.41, 5.74) is -0.328. The maximum atomic E-state index is 11.2. The van der Waals surface area contributed by atoms with Gasteiger partial charge in [0.25, 0.3) is 0 Å². The predicted molar refractivity (Wildman–Crippen MR) is 90.8 cm³/mol. The number of ether oxygens (including phenoxy) is 1. The van der Waals surface area contributed by atoms with E-state index < -0.39 is 5.60 Å². The second-order valence-electron chi connectivity index (χ2n) is 9.95. The van der Waals surface area contributed by atoms with Crippen molar-refractivity contribution in [2.45, 2.75) is 103 Å². The van der Waals surface area contributed by atoms with Crippen molar-refractivity contribution in [1.82, 2.24) is 0 Å². The van der Waals surface area contributed by atoms with Crippen LogP contribution in [-0.2, 0) is 4.74 Å². The van der Waals surface area contributed by atoms with E-state index in [4.69, 9.17) is 4.74 Å². The molecule has 0 amide bonds. The van der Waals surface area contributed by atoms with Crippen LogP contribution in [0.4, 0.5) is 0 Å². The van der Waals surface area contributed by atoms with Crippen LogP contribution in [0.15, 0.2) is 0 Å². The topological polar surface area (TPSA) is 29.5 Å². The van der Waals surface area contributed by atoms with E-state index in [2.05, 4.69) is 41.5 Å². The molecule has 0 spiro atoms. The second kappa shape index (κ2) is 4.96. The summed E-state index contributed by atoms with van der Waals surface area (Å²) in [5.74, 6) is 1.36. The molecule has 3 aliphatic rings. The minimum atomic E-state index is -0.542. The lowest BCUT2D eigenvalue weighted by Crippen LogP contribution is -2.53. The number of rotatable bonds is 0. The second-order valence-corrected chi connectivity index (χ2v) is 9.95. The van der Waals surface area contributed by atoms with Crippen LogP contribution in [0.5, 0.6) is 0 Å². The molecule has 3 fully saturated rings. The predicted octanol–water partition coefficient (Wildman–Crippen LogP) is 4.94. The van der Waals surface area contributed by atoms with Crippen LogP contribution in [0.3, 0.4) is 0 Å². The van der Waals surface area contributed by atoms with Gasteiger partial charge in [-0.3, -0.25) is 0 Å². The Kier molecular flexibility index (Phi) is 3.78. The Hall–Kier alpha value is -0.0800. The molecule has 3 unspecified atom stereocenters. The van der Waals surface area contributed by atoms with E-state index in [0.717, 1.165) is 25.7 Å². The Morgan fingerprint density at radius 3 is 2.23 bits per heavy atom. The summed E-state index contributed by atoms with van der Waals surface area (Å²) in [6.45, 7) is 13.9. The van der Waals surface area contributed by atoms with Crippen molar-refractivity contribution < 1.29 is 9.84 Å². The van der Waals surface area contributed by atoms with Gasteiger partial charge in [-0.2, -0.15) is 0 Å². The normalized spacial score (nSPS) is 55.0. The molecule has 22 heavy (non-hydrogen) atoms. The molecule has 2 heteroatoms. The molecule has 2 aliphatic carbocycles. The van der Waals surface area contributed by atoms with Crippen molar-refractivity contribution in [3.8, 4) is 0 Å². The minimum absolute atomic E-state index is 0.0277. The van der Waals surface area contributed by atoms with Crippen molar-refractivity contribution in [2.75, 3.05) is 0 Å². The first kappa shape index (κ1) is 16.8. The molecule has 1 saturated heterocycles. The Bertz CT molecular complexity index is 441. The fourth-order valence-corrected chi connectivity index (χ4v) is 6.38. The van der Waals surface area contributed by atoms with Crippen molar-refractivity contribution >= 4 is 0 Å². The van der Waals surface area contributed by atoms with Crippen LogP contribution in [0.1, 0.15) is 86.5 Å². The lowest BCUT2D eigenvalue weighted by Gasteiger charge is -2.53. The molecule has 2 bridgehead atoms. The van der Waals surface area contributed by atoms with Gasteiger partial charge in [-0.05, 0) is 82.5 Å². The first-order chi connectivity index (χ1) is 10.0. The summed E-state index contributed by atoms with van der Waals surface area (Å²) in [4.78, 5) is 0. The third kappa shape index (κ3) is 2.45. The largest absolute Gasteiger partial charge is 0.390 e. The highest BCUT2D eigenvalue weighted by atomic mass is 16.5. The SMILES string of the molecule is CC1C2CCC1(C)O[C@@]1(C)CCCC(C)(C)[C@@H]1CC[C@]2(C)O. The molecular weight excluding hydrogens is 272 g/mol. The van der Waals surface area contributed by atoms with E-state index in [0.29, 0.717) is 23.2 Å². The molecule has 1 N–H and O–H groups in total. The van der Waals surface area contributed by atoms with Gasteiger partial charge in [0.05, 0.1) is 16.8 Å². The summed E-state index contributed by atoms with van der Waals surface area (Å²) >= 11 is 0. The summed E-state index contributed by atoms with van der Waals surface area (Å²) in [6.07, 6.45) is 7.95.